The molecule has 0 saturated carbocycles. The van der Waals surface area contributed by atoms with E-state index in [9.17, 15) is 4.79 Å². The Kier molecular flexibility index (Phi) is 2.24. The molecule has 0 fully saturated rings. The van der Waals surface area contributed by atoms with Gasteiger partial charge in [-0.2, -0.15) is 0 Å². The van der Waals surface area contributed by atoms with E-state index in [4.69, 9.17) is 5.73 Å². The average Bonchev–Trinajstić information content (AvgIpc) is 2.03. The summed E-state index contributed by atoms with van der Waals surface area (Å²) in [5, 5.41) is 0. The summed E-state index contributed by atoms with van der Waals surface area (Å²) in [4.78, 5) is 14.2. The zero-order chi connectivity index (χ0) is 9.19. The Morgan fingerprint density at radius 2 is 2.25 bits per heavy atom. The Morgan fingerprint density at radius 3 is 2.75 bits per heavy atom. The van der Waals surface area contributed by atoms with Crippen molar-refractivity contribution in [3.8, 4) is 0 Å². The molecule has 64 valence electrons. The van der Waals surface area contributed by atoms with Crippen LogP contribution in [-0.2, 0) is 5.54 Å². The molecule has 2 N–H and O–H groups in total. The molecule has 0 aliphatic carbocycles. The third kappa shape index (κ3) is 1.89. The van der Waals surface area contributed by atoms with Crippen molar-refractivity contribution in [2.45, 2.75) is 19.4 Å². The highest BCUT2D eigenvalue weighted by Gasteiger charge is 2.13. The van der Waals surface area contributed by atoms with Crippen LogP contribution in [0.25, 0.3) is 0 Å². The van der Waals surface area contributed by atoms with E-state index in [-0.39, 0.29) is 0 Å². The summed E-state index contributed by atoms with van der Waals surface area (Å²) in [5.41, 5.74) is 6.76. The fourth-order valence-electron chi connectivity index (χ4n) is 0.914. The smallest absolute Gasteiger partial charge is 0.168 e. The maximum Gasteiger partial charge on any atom is 0.168 e. The average molecular weight is 164 g/mol. The summed E-state index contributed by atoms with van der Waals surface area (Å²) in [6, 6.07) is 3.51. The van der Waals surface area contributed by atoms with E-state index in [1.165, 1.54) is 0 Å². The molecule has 0 amide bonds. The van der Waals surface area contributed by atoms with Crippen LogP contribution in [0.1, 0.15) is 29.9 Å². The van der Waals surface area contributed by atoms with Gasteiger partial charge >= 0.3 is 0 Å². The minimum Gasteiger partial charge on any atom is -0.322 e. The van der Waals surface area contributed by atoms with Crippen molar-refractivity contribution in [2.24, 2.45) is 5.73 Å². The maximum atomic E-state index is 10.4. The molecule has 12 heavy (non-hydrogen) atoms. The second kappa shape index (κ2) is 3.03. The molecule has 0 radical (unpaired) electrons. The molecule has 1 aromatic heterocycles. The summed E-state index contributed by atoms with van der Waals surface area (Å²) in [6.45, 7) is 3.77. The van der Waals surface area contributed by atoms with Crippen molar-refractivity contribution in [3.05, 3.63) is 29.6 Å². The lowest BCUT2D eigenvalue weighted by Gasteiger charge is -2.18. The largest absolute Gasteiger partial charge is 0.322 e. The van der Waals surface area contributed by atoms with Gasteiger partial charge in [-0.1, -0.05) is 0 Å². The first-order valence-corrected chi connectivity index (χ1v) is 3.74. The summed E-state index contributed by atoms with van der Waals surface area (Å²) in [7, 11) is 0. The van der Waals surface area contributed by atoms with Crippen LogP contribution in [0.3, 0.4) is 0 Å². The summed E-state index contributed by atoms with van der Waals surface area (Å²) in [6.07, 6.45) is 2.31. The van der Waals surface area contributed by atoms with Gasteiger partial charge in [0.25, 0.3) is 0 Å². The van der Waals surface area contributed by atoms with Crippen molar-refractivity contribution in [1.29, 1.82) is 0 Å². The van der Waals surface area contributed by atoms with Crippen LogP contribution in [0.4, 0.5) is 0 Å². The number of nitrogens with zero attached hydrogens (tertiary/aromatic N) is 1. The van der Waals surface area contributed by atoms with E-state index < -0.39 is 5.54 Å². The Morgan fingerprint density at radius 1 is 1.58 bits per heavy atom. The molecular formula is C9H12N2O. The fourth-order valence-corrected chi connectivity index (χ4v) is 0.914. The standard InChI is InChI=1S/C9H12N2O/c1-9(2,10)7-3-4-11-8(5-7)6-12/h3-6H,10H2,1-2H3. The molecule has 3 heteroatoms. The summed E-state index contributed by atoms with van der Waals surface area (Å²) < 4.78 is 0. The summed E-state index contributed by atoms with van der Waals surface area (Å²) in [5.74, 6) is 0. The third-order valence-corrected chi connectivity index (χ3v) is 1.65. The van der Waals surface area contributed by atoms with E-state index in [0.717, 1.165) is 11.8 Å². The van der Waals surface area contributed by atoms with Crippen LogP contribution < -0.4 is 5.73 Å². The van der Waals surface area contributed by atoms with Crippen LogP contribution in [0.15, 0.2) is 18.3 Å². The first-order chi connectivity index (χ1) is 5.54. The number of carbonyl (C=O) groups excluding carboxylic acids is 1. The molecule has 0 aliphatic rings. The highest BCUT2D eigenvalue weighted by molar-refractivity contribution is 5.71. The van der Waals surface area contributed by atoms with Gasteiger partial charge in [-0.15, -0.1) is 0 Å². The van der Waals surface area contributed by atoms with Crippen molar-refractivity contribution in [1.82, 2.24) is 4.98 Å². The molecule has 1 rings (SSSR count). The number of nitrogens with two attached hydrogens (primary N) is 1. The second-order valence-electron chi connectivity index (χ2n) is 3.31. The van der Waals surface area contributed by atoms with Crippen LogP contribution in [0.2, 0.25) is 0 Å². The Bertz CT molecular complexity index is 289. The molecule has 0 spiro atoms. The molecular weight excluding hydrogens is 152 g/mol. The van der Waals surface area contributed by atoms with Crippen LogP contribution >= 0.6 is 0 Å². The van der Waals surface area contributed by atoms with Gasteiger partial charge in [-0.3, -0.25) is 9.78 Å². The van der Waals surface area contributed by atoms with Gasteiger partial charge in [0.15, 0.2) is 6.29 Å². The number of carbonyl (C=O) groups is 1. The molecule has 3 nitrogen and oxygen atoms in total. The predicted molar refractivity (Wildman–Crippen MR) is 46.8 cm³/mol. The monoisotopic (exact) mass is 164 g/mol. The van der Waals surface area contributed by atoms with Gasteiger partial charge in [-0.05, 0) is 31.5 Å². The lowest BCUT2D eigenvalue weighted by Crippen LogP contribution is -2.28. The lowest BCUT2D eigenvalue weighted by molar-refractivity contribution is 0.111. The van der Waals surface area contributed by atoms with Gasteiger partial charge in [0.05, 0.1) is 0 Å². The summed E-state index contributed by atoms with van der Waals surface area (Å²) >= 11 is 0. The molecule has 0 saturated heterocycles. The quantitative estimate of drug-likeness (QED) is 0.665. The zero-order valence-electron chi connectivity index (χ0n) is 7.24. The molecule has 0 aromatic carbocycles. The van der Waals surface area contributed by atoms with Gasteiger partial charge in [0.2, 0.25) is 0 Å². The number of pyridine rings is 1. The van der Waals surface area contributed by atoms with E-state index in [1.807, 2.05) is 19.9 Å². The molecule has 0 aliphatic heterocycles. The van der Waals surface area contributed by atoms with Crippen LogP contribution in [0, 0.1) is 0 Å². The van der Waals surface area contributed by atoms with Crippen molar-refractivity contribution < 1.29 is 4.79 Å². The normalized spacial score (nSPS) is 11.2. The number of hydrogen-bond donors (Lipinski definition) is 1. The highest BCUT2D eigenvalue weighted by atomic mass is 16.1. The van der Waals surface area contributed by atoms with Gasteiger partial charge in [-0.25, -0.2) is 0 Å². The lowest BCUT2D eigenvalue weighted by atomic mass is 9.96. The third-order valence-electron chi connectivity index (χ3n) is 1.65. The SMILES string of the molecule is CC(C)(N)c1ccnc(C=O)c1. The zero-order valence-corrected chi connectivity index (χ0v) is 7.24. The first kappa shape index (κ1) is 8.87. The van der Waals surface area contributed by atoms with Gasteiger partial charge in [0, 0.05) is 11.7 Å². The topological polar surface area (TPSA) is 56.0 Å². The molecule has 0 unspecified atom stereocenters. The second-order valence-corrected chi connectivity index (χ2v) is 3.31. The predicted octanol–water partition coefficient (Wildman–Crippen LogP) is 1.09. The van der Waals surface area contributed by atoms with E-state index in [2.05, 4.69) is 4.98 Å². The number of hydrogen-bond acceptors (Lipinski definition) is 3. The van der Waals surface area contributed by atoms with Crippen molar-refractivity contribution in [2.75, 3.05) is 0 Å². The first-order valence-electron chi connectivity index (χ1n) is 3.74. The maximum absolute atomic E-state index is 10.4. The fraction of sp³-hybridized carbons (Fsp3) is 0.333. The van der Waals surface area contributed by atoms with E-state index >= 15 is 0 Å². The number of aldehydes is 1. The van der Waals surface area contributed by atoms with Crippen molar-refractivity contribution >= 4 is 6.29 Å². The van der Waals surface area contributed by atoms with Crippen LogP contribution in [-0.4, -0.2) is 11.3 Å². The molecule has 1 aromatic rings. The molecule has 0 bridgehead atoms. The Balaban J connectivity index is 3.10. The van der Waals surface area contributed by atoms with Gasteiger partial charge in [0.1, 0.15) is 5.69 Å². The minimum atomic E-state index is -0.416. The van der Waals surface area contributed by atoms with E-state index in [0.29, 0.717) is 5.69 Å². The van der Waals surface area contributed by atoms with Crippen molar-refractivity contribution in [3.63, 3.8) is 0 Å². The number of aromatic nitrogens is 1. The molecule has 0 atom stereocenters. The molecule has 1 heterocycles. The minimum absolute atomic E-state index is 0.416. The Hall–Kier alpha value is -1.22. The van der Waals surface area contributed by atoms with Gasteiger partial charge < -0.3 is 5.73 Å². The van der Waals surface area contributed by atoms with Crippen LogP contribution in [0.5, 0.6) is 0 Å². The Labute approximate surface area is 71.6 Å². The van der Waals surface area contributed by atoms with E-state index in [1.54, 1.807) is 12.3 Å². The highest BCUT2D eigenvalue weighted by Crippen LogP contribution is 2.15. The number of rotatable bonds is 2.